The number of aromatic nitrogens is 4. The van der Waals surface area contributed by atoms with Gasteiger partial charge in [-0.25, -0.2) is 0 Å². The van der Waals surface area contributed by atoms with E-state index in [2.05, 4.69) is 15.4 Å². The highest BCUT2D eigenvalue weighted by Crippen LogP contribution is 2.23. The van der Waals surface area contributed by atoms with Crippen LogP contribution in [-0.2, 0) is 16.1 Å². The average molecular weight is 298 g/mol. The van der Waals surface area contributed by atoms with Gasteiger partial charge in [-0.05, 0) is 6.92 Å². The Balaban J connectivity index is 2.28. The van der Waals surface area contributed by atoms with E-state index in [1.54, 1.807) is 24.7 Å². The molecular weight excluding hydrogens is 284 g/mol. The average Bonchev–Trinajstić information content (AvgIpc) is 2.99. The summed E-state index contributed by atoms with van der Waals surface area (Å²) in [4.78, 5) is 10.6. The summed E-state index contributed by atoms with van der Waals surface area (Å²) in [5.41, 5.74) is 0.563. The highest BCUT2D eigenvalue weighted by molar-refractivity contribution is 7.99. The van der Waals surface area contributed by atoms with Gasteiger partial charge in [0.1, 0.15) is 5.76 Å². The fourth-order valence-electron chi connectivity index (χ4n) is 1.57. The molecule has 0 aliphatic rings. The van der Waals surface area contributed by atoms with Crippen LogP contribution in [-0.4, -0.2) is 50.5 Å². The largest absolute Gasteiger partial charge is 0.481 e. The van der Waals surface area contributed by atoms with Crippen LogP contribution in [0, 0.1) is 6.92 Å². The third-order valence-corrected chi connectivity index (χ3v) is 3.37. The van der Waals surface area contributed by atoms with E-state index in [1.807, 2.05) is 0 Å². The van der Waals surface area contributed by atoms with Gasteiger partial charge in [-0.2, -0.15) is 0 Å². The van der Waals surface area contributed by atoms with Crippen LogP contribution in [0.1, 0.15) is 5.76 Å². The minimum Gasteiger partial charge on any atom is -0.481 e. The molecule has 0 atom stereocenters. The molecular formula is C11H14N4O4S. The number of nitrogens with zero attached hydrogens (tertiary/aromatic N) is 4. The van der Waals surface area contributed by atoms with E-state index < -0.39 is 5.97 Å². The predicted molar refractivity (Wildman–Crippen MR) is 70.5 cm³/mol. The molecule has 0 aliphatic carbocycles. The maximum Gasteiger partial charge on any atom is 0.313 e. The number of ether oxygens (including phenoxy) is 1. The molecule has 0 amide bonds. The maximum atomic E-state index is 10.6. The number of carbonyl (C=O) groups is 1. The number of carboxylic acids is 1. The van der Waals surface area contributed by atoms with Gasteiger partial charge in [0.05, 0.1) is 18.9 Å². The normalized spacial score (nSPS) is 10.9. The number of aryl methyl sites for hydroxylation is 1. The van der Waals surface area contributed by atoms with Gasteiger partial charge in [0.25, 0.3) is 0 Å². The zero-order valence-electron chi connectivity index (χ0n) is 11.1. The molecule has 0 aliphatic heterocycles. The van der Waals surface area contributed by atoms with Gasteiger partial charge in [0.2, 0.25) is 0 Å². The van der Waals surface area contributed by atoms with Crippen molar-refractivity contribution in [2.75, 3.05) is 19.5 Å². The van der Waals surface area contributed by atoms with Gasteiger partial charge in [-0.15, -0.1) is 10.2 Å². The Morgan fingerprint density at radius 3 is 2.95 bits per heavy atom. The van der Waals surface area contributed by atoms with Gasteiger partial charge in [-0.1, -0.05) is 16.9 Å². The molecule has 9 heteroatoms. The Bertz CT molecular complexity index is 595. The lowest BCUT2D eigenvalue weighted by molar-refractivity contribution is -0.133. The lowest BCUT2D eigenvalue weighted by Gasteiger charge is -2.07. The van der Waals surface area contributed by atoms with E-state index in [0.717, 1.165) is 11.8 Å². The second-order valence-corrected chi connectivity index (χ2v) is 4.90. The zero-order chi connectivity index (χ0) is 14.5. The summed E-state index contributed by atoms with van der Waals surface area (Å²) >= 11 is 1.10. The summed E-state index contributed by atoms with van der Waals surface area (Å²) in [7, 11) is 1.59. The number of methoxy groups -OCH3 is 1. The van der Waals surface area contributed by atoms with Crippen molar-refractivity contribution >= 4 is 17.7 Å². The van der Waals surface area contributed by atoms with Crippen molar-refractivity contribution in [2.45, 2.75) is 18.6 Å². The summed E-state index contributed by atoms with van der Waals surface area (Å²) in [5, 5.41) is 21.2. The SMILES string of the molecule is COCCn1c(SCC(=O)O)nnc1-c1cc(C)on1. The molecule has 0 spiro atoms. The molecule has 0 unspecified atom stereocenters. The standard InChI is InChI=1S/C11H14N4O4S/c1-7-5-8(14-19-7)10-12-13-11(20-6-9(16)17)15(10)3-4-18-2/h5H,3-4,6H2,1-2H3,(H,16,17). The first-order valence-electron chi connectivity index (χ1n) is 5.82. The van der Waals surface area contributed by atoms with Crippen molar-refractivity contribution < 1.29 is 19.2 Å². The van der Waals surface area contributed by atoms with Gasteiger partial charge in [0, 0.05) is 13.2 Å². The number of thioether (sulfide) groups is 1. The first-order chi connectivity index (χ1) is 9.61. The molecule has 2 rings (SSSR count). The molecule has 0 bridgehead atoms. The van der Waals surface area contributed by atoms with Crippen LogP contribution in [0.2, 0.25) is 0 Å². The molecule has 8 nitrogen and oxygen atoms in total. The molecule has 108 valence electrons. The van der Waals surface area contributed by atoms with Crippen LogP contribution in [0.4, 0.5) is 0 Å². The van der Waals surface area contributed by atoms with Gasteiger partial charge in [0.15, 0.2) is 16.7 Å². The molecule has 0 aromatic carbocycles. The highest BCUT2D eigenvalue weighted by atomic mass is 32.2. The second-order valence-electron chi connectivity index (χ2n) is 3.96. The quantitative estimate of drug-likeness (QED) is 0.757. The van der Waals surface area contributed by atoms with E-state index in [-0.39, 0.29) is 5.75 Å². The molecule has 20 heavy (non-hydrogen) atoms. The van der Waals surface area contributed by atoms with Gasteiger partial charge in [-0.3, -0.25) is 9.36 Å². The zero-order valence-corrected chi connectivity index (χ0v) is 11.9. The fourth-order valence-corrected chi connectivity index (χ4v) is 2.25. The Labute approximate surface area is 119 Å². The summed E-state index contributed by atoms with van der Waals surface area (Å²) in [6.07, 6.45) is 0. The van der Waals surface area contributed by atoms with Crippen molar-refractivity contribution in [2.24, 2.45) is 0 Å². The molecule has 2 aromatic heterocycles. The van der Waals surface area contributed by atoms with Crippen LogP contribution in [0.15, 0.2) is 15.7 Å². The third-order valence-electron chi connectivity index (χ3n) is 2.42. The van der Waals surface area contributed by atoms with E-state index in [4.69, 9.17) is 14.4 Å². The van der Waals surface area contributed by atoms with Crippen LogP contribution in [0.25, 0.3) is 11.5 Å². The Morgan fingerprint density at radius 1 is 1.55 bits per heavy atom. The number of hydrogen-bond acceptors (Lipinski definition) is 7. The summed E-state index contributed by atoms with van der Waals surface area (Å²) in [6.45, 7) is 2.75. The first-order valence-corrected chi connectivity index (χ1v) is 6.80. The van der Waals surface area contributed by atoms with Crippen molar-refractivity contribution in [3.05, 3.63) is 11.8 Å². The summed E-state index contributed by atoms with van der Waals surface area (Å²) < 4.78 is 11.8. The lowest BCUT2D eigenvalue weighted by Crippen LogP contribution is -2.08. The molecule has 2 heterocycles. The van der Waals surface area contributed by atoms with Crippen molar-refractivity contribution in [1.82, 2.24) is 19.9 Å². The topological polar surface area (TPSA) is 103 Å². The fraction of sp³-hybridized carbons (Fsp3) is 0.455. The Morgan fingerprint density at radius 2 is 2.35 bits per heavy atom. The second kappa shape index (κ2) is 6.53. The van der Waals surface area contributed by atoms with Crippen molar-refractivity contribution in [3.8, 4) is 11.5 Å². The summed E-state index contributed by atoms with van der Waals surface area (Å²) in [6, 6.07) is 1.75. The molecule has 1 N–H and O–H groups in total. The predicted octanol–water partition coefficient (Wildman–Crippen LogP) is 1.06. The van der Waals surface area contributed by atoms with Crippen molar-refractivity contribution in [3.63, 3.8) is 0 Å². The van der Waals surface area contributed by atoms with Crippen LogP contribution in [0.3, 0.4) is 0 Å². The summed E-state index contributed by atoms with van der Waals surface area (Å²) in [5.74, 6) is 0.214. The van der Waals surface area contributed by atoms with E-state index in [9.17, 15) is 4.79 Å². The van der Waals surface area contributed by atoms with E-state index in [1.165, 1.54) is 0 Å². The van der Waals surface area contributed by atoms with Crippen LogP contribution < -0.4 is 0 Å². The maximum absolute atomic E-state index is 10.6. The number of aliphatic carboxylic acids is 1. The molecule has 2 aromatic rings. The molecule has 0 saturated carbocycles. The van der Waals surface area contributed by atoms with Crippen LogP contribution in [0.5, 0.6) is 0 Å². The minimum atomic E-state index is -0.907. The Hall–Kier alpha value is -1.87. The molecule has 0 radical (unpaired) electrons. The smallest absolute Gasteiger partial charge is 0.313 e. The van der Waals surface area contributed by atoms with Gasteiger partial charge >= 0.3 is 5.97 Å². The number of hydrogen-bond donors (Lipinski definition) is 1. The minimum absolute atomic E-state index is 0.0804. The van der Waals surface area contributed by atoms with Gasteiger partial charge < -0.3 is 14.4 Å². The van der Waals surface area contributed by atoms with E-state index >= 15 is 0 Å². The Kier molecular flexibility index (Phi) is 4.74. The monoisotopic (exact) mass is 298 g/mol. The number of carboxylic acid groups (broad SMARTS) is 1. The van der Waals surface area contributed by atoms with Crippen molar-refractivity contribution in [1.29, 1.82) is 0 Å². The third kappa shape index (κ3) is 3.36. The first kappa shape index (κ1) is 14.5. The number of rotatable bonds is 7. The lowest BCUT2D eigenvalue weighted by atomic mass is 10.3. The van der Waals surface area contributed by atoms with E-state index in [0.29, 0.717) is 35.6 Å². The highest BCUT2D eigenvalue weighted by Gasteiger charge is 2.17. The molecule has 0 fully saturated rings. The molecule has 0 saturated heterocycles. The van der Waals surface area contributed by atoms with Crippen LogP contribution >= 0.6 is 11.8 Å².